The second kappa shape index (κ2) is 8.10. The van der Waals surface area contributed by atoms with Crippen LogP contribution in [0.5, 0.6) is 5.75 Å². The average molecular weight is 367 g/mol. The van der Waals surface area contributed by atoms with Crippen molar-refractivity contribution in [3.8, 4) is 11.4 Å². The van der Waals surface area contributed by atoms with Gasteiger partial charge in [-0.25, -0.2) is 4.98 Å². The first-order valence-electron chi connectivity index (χ1n) is 8.24. The Morgan fingerprint density at radius 2 is 1.92 bits per heavy atom. The molecule has 0 spiro atoms. The molecule has 0 bridgehead atoms. The minimum Gasteiger partial charge on any atom is -0.497 e. The van der Waals surface area contributed by atoms with Crippen molar-refractivity contribution in [3.63, 3.8) is 0 Å². The van der Waals surface area contributed by atoms with Crippen LogP contribution in [-0.2, 0) is 4.79 Å². The zero-order chi connectivity index (χ0) is 18.5. The van der Waals surface area contributed by atoms with Crippen LogP contribution in [0.25, 0.3) is 5.69 Å². The Balaban J connectivity index is 1.63. The summed E-state index contributed by atoms with van der Waals surface area (Å²) in [6, 6.07) is 13.5. The zero-order valence-corrected chi connectivity index (χ0v) is 15.8. The first kappa shape index (κ1) is 18.1. The fraction of sp³-hybridized carbons (Fsp3) is 0.200. The van der Waals surface area contributed by atoms with Gasteiger partial charge in [-0.3, -0.25) is 9.36 Å². The number of ether oxygens (including phenoxy) is 1. The van der Waals surface area contributed by atoms with E-state index in [1.807, 2.05) is 35.0 Å². The summed E-state index contributed by atoms with van der Waals surface area (Å²) < 4.78 is 7.11. The molecule has 1 heterocycles. The topological polar surface area (TPSA) is 56.1 Å². The summed E-state index contributed by atoms with van der Waals surface area (Å²) in [7, 11) is 1.61. The first-order chi connectivity index (χ1) is 12.6. The molecule has 3 rings (SSSR count). The van der Waals surface area contributed by atoms with E-state index in [1.165, 1.54) is 22.9 Å². The fourth-order valence-corrected chi connectivity index (χ4v) is 3.24. The Morgan fingerprint density at radius 1 is 1.15 bits per heavy atom. The SMILES string of the molecule is COc1ccc(NC(=O)CSc2nccn2-c2ccc(C)c(C)c2)cc1. The number of amides is 1. The molecule has 0 fully saturated rings. The molecule has 26 heavy (non-hydrogen) atoms. The minimum absolute atomic E-state index is 0.0743. The summed E-state index contributed by atoms with van der Waals surface area (Å²) in [5, 5.41) is 3.67. The minimum atomic E-state index is -0.0743. The maximum Gasteiger partial charge on any atom is 0.234 e. The highest BCUT2D eigenvalue weighted by molar-refractivity contribution is 7.99. The van der Waals surface area contributed by atoms with Crippen LogP contribution in [0.1, 0.15) is 11.1 Å². The van der Waals surface area contributed by atoms with Gasteiger partial charge in [0.2, 0.25) is 5.91 Å². The number of nitrogens with one attached hydrogen (secondary N) is 1. The van der Waals surface area contributed by atoms with Gasteiger partial charge in [0.05, 0.1) is 12.9 Å². The van der Waals surface area contributed by atoms with E-state index < -0.39 is 0 Å². The van der Waals surface area contributed by atoms with E-state index in [9.17, 15) is 4.79 Å². The van der Waals surface area contributed by atoms with E-state index in [-0.39, 0.29) is 11.7 Å². The summed E-state index contributed by atoms with van der Waals surface area (Å²) in [5.74, 6) is 0.969. The molecule has 0 aliphatic heterocycles. The van der Waals surface area contributed by atoms with Crippen molar-refractivity contribution < 1.29 is 9.53 Å². The highest BCUT2D eigenvalue weighted by Gasteiger charge is 2.10. The average Bonchev–Trinajstić information content (AvgIpc) is 3.11. The van der Waals surface area contributed by atoms with Crippen molar-refractivity contribution in [2.75, 3.05) is 18.2 Å². The van der Waals surface area contributed by atoms with Gasteiger partial charge < -0.3 is 10.1 Å². The molecule has 3 aromatic rings. The molecule has 134 valence electrons. The lowest BCUT2D eigenvalue weighted by atomic mass is 10.1. The van der Waals surface area contributed by atoms with Gasteiger partial charge in [-0.2, -0.15) is 0 Å². The third-order valence-electron chi connectivity index (χ3n) is 4.08. The molecular weight excluding hydrogens is 346 g/mol. The molecule has 1 amide bonds. The normalized spacial score (nSPS) is 10.6. The molecule has 1 N–H and O–H groups in total. The van der Waals surface area contributed by atoms with Crippen molar-refractivity contribution in [3.05, 3.63) is 66.0 Å². The summed E-state index contributed by atoms with van der Waals surface area (Å²) in [5.41, 5.74) is 4.27. The lowest BCUT2D eigenvalue weighted by Gasteiger charge is -2.10. The van der Waals surface area contributed by atoms with Gasteiger partial charge in [0, 0.05) is 23.8 Å². The molecule has 0 atom stereocenters. The molecule has 0 saturated carbocycles. The van der Waals surface area contributed by atoms with Crippen LogP contribution in [0.2, 0.25) is 0 Å². The number of aromatic nitrogens is 2. The zero-order valence-electron chi connectivity index (χ0n) is 15.0. The van der Waals surface area contributed by atoms with E-state index in [0.29, 0.717) is 0 Å². The first-order valence-corrected chi connectivity index (χ1v) is 9.23. The number of benzene rings is 2. The van der Waals surface area contributed by atoms with Crippen molar-refractivity contribution in [2.24, 2.45) is 0 Å². The molecule has 6 heteroatoms. The Morgan fingerprint density at radius 3 is 2.62 bits per heavy atom. The molecule has 0 unspecified atom stereocenters. The largest absolute Gasteiger partial charge is 0.497 e. The Kier molecular flexibility index (Phi) is 5.63. The van der Waals surface area contributed by atoms with E-state index >= 15 is 0 Å². The van der Waals surface area contributed by atoms with Crippen LogP contribution in [0.4, 0.5) is 5.69 Å². The lowest BCUT2D eigenvalue weighted by Crippen LogP contribution is -2.14. The second-order valence-corrected chi connectivity index (χ2v) is 6.86. The van der Waals surface area contributed by atoms with Crippen molar-refractivity contribution in [1.29, 1.82) is 0 Å². The number of methoxy groups -OCH3 is 1. The van der Waals surface area contributed by atoms with Gasteiger partial charge in [0.25, 0.3) is 0 Å². The molecule has 2 aromatic carbocycles. The second-order valence-electron chi connectivity index (χ2n) is 5.91. The van der Waals surface area contributed by atoms with Gasteiger partial charge in [0.1, 0.15) is 5.75 Å². The predicted octanol–water partition coefficient (Wildman–Crippen LogP) is 4.23. The van der Waals surface area contributed by atoms with E-state index in [4.69, 9.17) is 4.74 Å². The molecule has 0 aliphatic rings. The van der Waals surface area contributed by atoms with Crippen LogP contribution in [0.15, 0.2) is 60.0 Å². The Labute approximate surface area is 157 Å². The van der Waals surface area contributed by atoms with Crippen molar-refractivity contribution in [1.82, 2.24) is 9.55 Å². The highest BCUT2D eigenvalue weighted by Crippen LogP contribution is 2.22. The fourth-order valence-electron chi connectivity index (χ4n) is 2.47. The monoisotopic (exact) mass is 367 g/mol. The number of hydrogen-bond donors (Lipinski definition) is 1. The number of aryl methyl sites for hydroxylation is 2. The molecule has 1 aromatic heterocycles. The van der Waals surface area contributed by atoms with Gasteiger partial charge in [-0.1, -0.05) is 17.8 Å². The number of hydrogen-bond acceptors (Lipinski definition) is 4. The smallest absolute Gasteiger partial charge is 0.234 e. The van der Waals surface area contributed by atoms with Crippen molar-refractivity contribution in [2.45, 2.75) is 19.0 Å². The molecule has 0 saturated heterocycles. The van der Waals surface area contributed by atoms with Gasteiger partial charge in [-0.05, 0) is 61.4 Å². The van der Waals surface area contributed by atoms with E-state index in [1.54, 1.807) is 13.3 Å². The third kappa shape index (κ3) is 4.26. The molecule has 0 aliphatic carbocycles. The molecular formula is C20H21N3O2S. The van der Waals surface area contributed by atoms with Gasteiger partial charge in [0.15, 0.2) is 5.16 Å². The van der Waals surface area contributed by atoms with Gasteiger partial charge in [-0.15, -0.1) is 0 Å². The van der Waals surface area contributed by atoms with Crippen molar-refractivity contribution >= 4 is 23.4 Å². The molecule has 0 radical (unpaired) electrons. The van der Waals surface area contributed by atoms with Crippen LogP contribution in [0, 0.1) is 13.8 Å². The quantitative estimate of drug-likeness (QED) is 0.663. The number of thioether (sulfide) groups is 1. The Hall–Kier alpha value is -2.73. The predicted molar refractivity (Wildman–Crippen MR) is 105 cm³/mol. The summed E-state index contributed by atoms with van der Waals surface area (Å²) in [6.07, 6.45) is 3.66. The summed E-state index contributed by atoms with van der Waals surface area (Å²) in [4.78, 5) is 16.6. The van der Waals surface area contributed by atoms with Crippen LogP contribution in [-0.4, -0.2) is 28.3 Å². The van der Waals surface area contributed by atoms with E-state index in [0.717, 1.165) is 22.3 Å². The number of rotatable bonds is 6. The standard InChI is InChI=1S/C20H21N3O2S/c1-14-4-7-17(12-15(14)2)23-11-10-21-20(23)26-13-19(24)22-16-5-8-18(25-3)9-6-16/h4-12H,13H2,1-3H3,(H,22,24). The number of anilines is 1. The third-order valence-corrected chi connectivity index (χ3v) is 5.05. The maximum absolute atomic E-state index is 12.2. The number of carbonyl (C=O) groups is 1. The number of nitrogens with zero attached hydrogens (tertiary/aromatic N) is 2. The molecule has 5 nitrogen and oxygen atoms in total. The number of imidazole rings is 1. The van der Waals surface area contributed by atoms with Crippen LogP contribution in [0.3, 0.4) is 0 Å². The summed E-state index contributed by atoms with van der Waals surface area (Å²) in [6.45, 7) is 4.18. The summed E-state index contributed by atoms with van der Waals surface area (Å²) >= 11 is 1.41. The maximum atomic E-state index is 12.2. The van der Waals surface area contributed by atoms with Crippen LogP contribution >= 0.6 is 11.8 Å². The van der Waals surface area contributed by atoms with E-state index in [2.05, 4.69) is 42.3 Å². The number of carbonyl (C=O) groups excluding carboxylic acids is 1. The van der Waals surface area contributed by atoms with Crippen LogP contribution < -0.4 is 10.1 Å². The lowest BCUT2D eigenvalue weighted by molar-refractivity contribution is -0.113. The van der Waals surface area contributed by atoms with Gasteiger partial charge >= 0.3 is 0 Å². The highest BCUT2D eigenvalue weighted by atomic mass is 32.2. The Bertz CT molecular complexity index is 904.